The molecule has 28 heavy (non-hydrogen) atoms. The van der Waals surface area contributed by atoms with Crippen LogP contribution in [0.5, 0.6) is 0 Å². The normalized spacial score (nSPS) is 11.0. The highest BCUT2D eigenvalue weighted by molar-refractivity contribution is 5.76. The lowest BCUT2D eigenvalue weighted by molar-refractivity contribution is -0.121. The summed E-state index contributed by atoms with van der Waals surface area (Å²) in [4.78, 5) is 12.3. The molecule has 0 unspecified atom stereocenters. The van der Waals surface area contributed by atoms with Crippen LogP contribution in [-0.4, -0.2) is 21.8 Å². The third-order valence-corrected chi connectivity index (χ3v) is 4.46. The third-order valence-electron chi connectivity index (χ3n) is 4.46. The van der Waals surface area contributed by atoms with Gasteiger partial charge in [-0.2, -0.15) is 5.10 Å². The Labute approximate surface area is 166 Å². The number of nitrogens with zero attached hydrogens (tertiary/aromatic N) is 2. The van der Waals surface area contributed by atoms with Gasteiger partial charge >= 0.3 is 0 Å². The van der Waals surface area contributed by atoms with Crippen LogP contribution in [0, 0.1) is 0 Å². The van der Waals surface area contributed by atoms with Crippen LogP contribution in [0.2, 0.25) is 0 Å². The van der Waals surface area contributed by atoms with E-state index >= 15 is 0 Å². The third kappa shape index (κ3) is 5.79. The fourth-order valence-electron chi connectivity index (χ4n) is 2.88. The summed E-state index contributed by atoms with van der Waals surface area (Å²) in [5, 5.41) is 7.39. The van der Waals surface area contributed by atoms with Gasteiger partial charge in [0.05, 0.1) is 24.6 Å². The second kappa shape index (κ2) is 9.85. The van der Waals surface area contributed by atoms with Gasteiger partial charge in [-0.25, -0.2) is 4.68 Å². The molecule has 1 heterocycles. The summed E-state index contributed by atoms with van der Waals surface area (Å²) >= 11 is 0. The zero-order valence-electron chi connectivity index (χ0n) is 16.5. The van der Waals surface area contributed by atoms with Crippen molar-refractivity contribution in [3.8, 4) is 5.69 Å². The summed E-state index contributed by atoms with van der Waals surface area (Å²) in [5.41, 5.74) is 4.26. The van der Waals surface area contributed by atoms with Crippen molar-refractivity contribution in [3.05, 3.63) is 83.7 Å². The smallest absolute Gasteiger partial charge is 0.220 e. The summed E-state index contributed by atoms with van der Waals surface area (Å²) in [6, 6.07) is 18.0. The molecule has 0 saturated carbocycles. The molecule has 0 bridgehead atoms. The molecule has 0 atom stereocenters. The van der Waals surface area contributed by atoms with Crippen LogP contribution in [0.4, 0.5) is 0 Å². The first kappa shape index (κ1) is 19.8. The predicted molar refractivity (Wildman–Crippen MR) is 110 cm³/mol. The van der Waals surface area contributed by atoms with Gasteiger partial charge in [0.25, 0.3) is 0 Å². The molecule has 0 spiro atoms. The standard InChI is InChI=1S/C23H27N3O2/c1-18(2)28-17-21-9-7-6-8-20(21)15-24-23(27)13-12-19-14-25-26(16-19)22-10-4-3-5-11-22/h3-11,14,16,18H,12-13,15,17H2,1-2H3,(H,24,27). The van der Waals surface area contributed by atoms with E-state index in [-0.39, 0.29) is 12.0 Å². The summed E-state index contributed by atoms with van der Waals surface area (Å²) in [7, 11) is 0. The van der Waals surface area contributed by atoms with Gasteiger partial charge in [0, 0.05) is 19.2 Å². The van der Waals surface area contributed by atoms with E-state index in [1.807, 2.05) is 85.5 Å². The Hall–Kier alpha value is -2.92. The molecule has 1 amide bonds. The number of ether oxygens (including phenoxy) is 1. The molecule has 146 valence electrons. The summed E-state index contributed by atoms with van der Waals surface area (Å²) in [6.07, 6.45) is 5.07. The number of aromatic nitrogens is 2. The van der Waals surface area contributed by atoms with Crippen LogP contribution in [0.15, 0.2) is 67.0 Å². The Bertz CT molecular complexity index is 888. The minimum Gasteiger partial charge on any atom is -0.374 e. The largest absolute Gasteiger partial charge is 0.374 e. The number of carbonyl (C=O) groups is 1. The van der Waals surface area contributed by atoms with E-state index in [0.717, 1.165) is 22.4 Å². The van der Waals surface area contributed by atoms with Gasteiger partial charge in [0.2, 0.25) is 5.91 Å². The molecule has 1 N–H and O–H groups in total. The molecule has 5 nitrogen and oxygen atoms in total. The van der Waals surface area contributed by atoms with Crippen molar-refractivity contribution >= 4 is 5.91 Å². The van der Waals surface area contributed by atoms with Gasteiger partial charge < -0.3 is 10.1 Å². The lowest BCUT2D eigenvalue weighted by Gasteiger charge is -2.13. The lowest BCUT2D eigenvalue weighted by Crippen LogP contribution is -2.23. The maximum Gasteiger partial charge on any atom is 0.220 e. The van der Waals surface area contributed by atoms with E-state index in [0.29, 0.717) is 26.0 Å². The van der Waals surface area contributed by atoms with E-state index in [1.165, 1.54) is 0 Å². The number of para-hydroxylation sites is 1. The number of hydrogen-bond acceptors (Lipinski definition) is 3. The molecule has 0 aliphatic carbocycles. The molecule has 0 radical (unpaired) electrons. The van der Waals surface area contributed by atoms with E-state index in [9.17, 15) is 4.79 Å². The van der Waals surface area contributed by atoms with Crippen LogP contribution in [0.3, 0.4) is 0 Å². The highest BCUT2D eigenvalue weighted by Crippen LogP contribution is 2.12. The number of hydrogen-bond donors (Lipinski definition) is 1. The number of nitrogens with one attached hydrogen (secondary N) is 1. The Balaban J connectivity index is 1.49. The lowest BCUT2D eigenvalue weighted by atomic mass is 10.1. The van der Waals surface area contributed by atoms with Crippen LogP contribution >= 0.6 is 0 Å². The number of carbonyl (C=O) groups excluding carboxylic acids is 1. The maximum atomic E-state index is 12.3. The van der Waals surface area contributed by atoms with E-state index < -0.39 is 0 Å². The molecular weight excluding hydrogens is 350 g/mol. The second-order valence-corrected chi connectivity index (χ2v) is 7.03. The first-order chi connectivity index (χ1) is 13.6. The predicted octanol–water partition coefficient (Wildman–Crippen LogP) is 4.05. The van der Waals surface area contributed by atoms with Crippen LogP contribution < -0.4 is 5.32 Å². The van der Waals surface area contributed by atoms with Crippen molar-refractivity contribution < 1.29 is 9.53 Å². The molecule has 1 aromatic heterocycles. The van der Waals surface area contributed by atoms with Crippen LogP contribution in [0.25, 0.3) is 5.69 Å². The van der Waals surface area contributed by atoms with Crippen molar-refractivity contribution in [1.82, 2.24) is 15.1 Å². The van der Waals surface area contributed by atoms with E-state index in [4.69, 9.17) is 4.74 Å². The Morgan fingerprint density at radius 1 is 1.07 bits per heavy atom. The molecular formula is C23H27N3O2. The van der Waals surface area contributed by atoms with E-state index in [2.05, 4.69) is 10.4 Å². The van der Waals surface area contributed by atoms with Crippen molar-refractivity contribution in [3.63, 3.8) is 0 Å². The monoisotopic (exact) mass is 377 g/mol. The molecule has 0 aliphatic rings. The maximum absolute atomic E-state index is 12.3. The minimum absolute atomic E-state index is 0.0343. The average Bonchev–Trinajstić information content (AvgIpc) is 3.19. The summed E-state index contributed by atoms with van der Waals surface area (Å²) < 4.78 is 7.53. The zero-order chi connectivity index (χ0) is 19.8. The van der Waals surface area contributed by atoms with Gasteiger partial charge in [-0.05, 0) is 49.1 Å². The van der Waals surface area contributed by atoms with Gasteiger partial charge in [-0.15, -0.1) is 0 Å². The molecule has 5 heteroatoms. The number of rotatable bonds is 9. The van der Waals surface area contributed by atoms with Crippen molar-refractivity contribution in [2.24, 2.45) is 0 Å². The van der Waals surface area contributed by atoms with Crippen LogP contribution in [0.1, 0.15) is 37.0 Å². The molecule has 0 saturated heterocycles. The van der Waals surface area contributed by atoms with Crippen molar-refractivity contribution in [1.29, 1.82) is 0 Å². The molecule has 0 aliphatic heterocycles. The fraction of sp³-hybridized carbons (Fsp3) is 0.304. The highest BCUT2D eigenvalue weighted by atomic mass is 16.5. The molecule has 2 aromatic carbocycles. The van der Waals surface area contributed by atoms with Gasteiger partial charge in [0.15, 0.2) is 0 Å². The quantitative estimate of drug-likeness (QED) is 0.612. The van der Waals surface area contributed by atoms with Gasteiger partial charge in [-0.1, -0.05) is 42.5 Å². The first-order valence-electron chi connectivity index (χ1n) is 9.66. The number of aryl methyl sites for hydroxylation is 1. The zero-order valence-corrected chi connectivity index (χ0v) is 16.5. The highest BCUT2D eigenvalue weighted by Gasteiger charge is 2.08. The number of amides is 1. The number of benzene rings is 2. The molecule has 3 rings (SSSR count). The Morgan fingerprint density at radius 2 is 1.79 bits per heavy atom. The minimum atomic E-state index is 0.0343. The summed E-state index contributed by atoms with van der Waals surface area (Å²) in [5.74, 6) is 0.0343. The van der Waals surface area contributed by atoms with Gasteiger partial charge in [0.1, 0.15) is 0 Å². The van der Waals surface area contributed by atoms with Gasteiger partial charge in [-0.3, -0.25) is 4.79 Å². The summed E-state index contributed by atoms with van der Waals surface area (Å²) in [6.45, 7) is 5.11. The van der Waals surface area contributed by atoms with Crippen molar-refractivity contribution in [2.75, 3.05) is 0 Å². The Morgan fingerprint density at radius 3 is 2.54 bits per heavy atom. The average molecular weight is 377 g/mol. The Kier molecular flexibility index (Phi) is 6.98. The fourth-order valence-corrected chi connectivity index (χ4v) is 2.88. The van der Waals surface area contributed by atoms with Crippen molar-refractivity contribution in [2.45, 2.75) is 45.9 Å². The molecule has 0 fully saturated rings. The topological polar surface area (TPSA) is 56.1 Å². The first-order valence-corrected chi connectivity index (χ1v) is 9.66. The second-order valence-electron chi connectivity index (χ2n) is 7.03. The SMILES string of the molecule is CC(C)OCc1ccccc1CNC(=O)CCc1cnn(-c2ccccc2)c1. The van der Waals surface area contributed by atoms with E-state index in [1.54, 1.807) is 0 Å². The van der Waals surface area contributed by atoms with Crippen LogP contribution in [-0.2, 0) is 29.1 Å². The molecule has 3 aromatic rings.